The minimum Gasteiger partial charge on any atom is -0.396 e. The van der Waals surface area contributed by atoms with Crippen LogP contribution in [0.5, 0.6) is 0 Å². The van der Waals surface area contributed by atoms with Gasteiger partial charge in [-0.1, -0.05) is 6.07 Å². The van der Waals surface area contributed by atoms with Crippen molar-refractivity contribution in [1.29, 1.82) is 0 Å². The van der Waals surface area contributed by atoms with E-state index in [9.17, 15) is 13.2 Å². The normalized spacial score (nSPS) is 11.7. The number of aliphatic hydroxyl groups excluding tert-OH is 1. The maximum atomic E-state index is 12.0. The Morgan fingerprint density at radius 3 is 2.30 bits per heavy atom. The zero-order valence-electron chi connectivity index (χ0n) is 12.5. The number of rotatable bonds is 6. The SMILES string of the molecule is CC(=O)c1c(C)cc(C)c(CS(=O)(=O)CCCO)c1C. The first-order valence-corrected chi connectivity index (χ1v) is 8.43. The van der Waals surface area contributed by atoms with Crippen molar-refractivity contribution in [3.05, 3.63) is 33.9 Å². The fourth-order valence-electron chi connectivity index (χ4n) is 2.57. The summed E-state index contributed by atoms with van der Waals surface area (Å²) >= 11 is 0. The number of sulfone groups is 1. The molecule has 0 amide bonds. The Labute approximate surface area is 120 Å². The standard InChI is InChI=1S/C15H22O4S/c1-10-8-11(2)15(13(4)17)12(3)14(10)9-20(18,19)7-5-6-16/h8,16H,5-7,9H2,1-4H3. The van der Waals surface area contributed by atoms with E-state index in [1.807, 2.05) is 19.9 Å². The van der Waals surface area contributed by atoms with Crippen LogP contribution in [-0.2, 0) is 15.6 Å². The van der Waals surface area contributed by atoms with Crippen molar-refractivity contribution >= 4 is 15.6 Å². The van der Waals surface area contributed by atoms with E-state index in [0.717, 1.165) is 16.7 Å². The van der Waals surface area contributed by atoms with Crippen molar-refractivity contribution in [2.24, 2.45) is 0 Å². The van der Waals surface area contributed by atoms with Crippen molar-refractivity contribution in [3.63, 3.8) is 0 Å². The molecule has 20 heavy (non-hydrogen) atoms. The predicted molar refractivity (Wildman–Crippen MR) is 79.9 cm³/mol. The van der Waals surface area contributed by atoms with Gasteiger partial charge in [0.15, 0.2) is 15.6 Å². The van der Waals surface area contributed by atoms with Gasteiger partial charge in [-0.15, -0.1) is 0 Å². The summed E-state index contributed by atoms with van der Waals surface area (Å²) in [6.45, 7) is 6.88. The van der Waals surface area contributed by atoms with E-state index < -0.39 is 9.84 Å². The Morgan fingerprint density at radius 2 is 1.80 bits per heavy atom. The lowest BCUT2D eigenvalue weighted by molar-refractivity contribution is 0.101. The van der Waals surface area contributed by atoms with Crippen LogP contribution < -0.4 is 0 Å². The third-order valence-corrected chi connectivity index (χ3v) is 5.10. The van der Waals surface area contributed by atoms with E-state index in [0.29, 0.717) is 11.1 Å². The average Bonchev–Trinajstić information content (AvgIpc) is 2.31. The van der Waals surface area contributed by atoms with E-state index in [4.69, 9.17) is 5.11 Å². The van der Waals surface area contributed by atoms with Gasteiger partial charge >= 0.3 is 0 Å². The monoisotopic (exact) mass is 298 g/mol. The fraction of sp³-hybridized carbons (Fsp3) is 0.533. The highest BCUT2D eigenvalue weighted by Crippen LogP contribution is 2.25. The zero-order chi connectivity index (χ0) is 15.5. The van der Waals surface area contributed by atoms with Gasteiger partial charge in [0.1, 0.15) is 0 Å². The smallest absolute Gasteiger partial charge is 0.160 e. The Bertz CT molecular complexity index is 615. The number of Topliss-reactive ketones (excluding diaryl/α,β-unsaturated/α-hetero) is 1. The highest BCUT2D eigenvalue weighted by atomic mass is 32.2. The van der Waals surface area contributed by atoms with E-state index in [1.165, 1.54) is 6.92 Å². The van der Waals surface area contributed by atoms with Gasteiger partial charge in [0.25, 0.3) is 0 Å². The molecule has 0 spiro atoms. The van der Waals surface area contributed by atoms with Crippen molar-refractivity contribution in [2.45, 2.75) is 39.9 Å². The minimum atomic E-state index is -3.27. The van der Waals surface area contributed by atoms with Crippen molar-refractivity contribution in [3.8, 4) is 0 Å². The lowest BCUT2D eigenvalue weighted by Gasteiger charge is -2.16. The second-order valence-electron chi connectivity index (χ2n) is 5.21. The van der Waals surface area contributed by atoms with Crippen molar-refractivity contribution in [1.82, 2.24) is 0 Å². The molecule has 112 valence electrons. The molecule has 0 unspecified atom stereocenters. The Morgan fingerprint density at radius 1 is 1.20 bits per heavy atom. The van der Waals surface area contributed by atoms with Gasteiger partial charge in [-0.05, 0) is 56.4 Å². The molecule has 0 radical (unpaired) electrons. The van der Waals surface area contributed by atoms with Crippen LogP contribution in [0.3, 0.4) is 0 Å². The van der Waals surface area contributed by atoms with Gasteiger partial charge < -0.3 is 5.11 Å². The Hall–Kier alpha value is -1.20. The van der Waals surface area contributed by atoms with Gasteiger partial charge in [-0.3, -0.25) is 4.79 Å². The quantitative estimate of drug-likeness (QED) is 0.817. The Kier molecular flexibility index (Phi) is 5.48. The van der Waals surface area contributed by atoms with Crippen LogP contribution in [0.2, 0.25) is 0 Å². The number of carbonyl (C=O) groups is 1. The molecular formula is C15H22O4S. The topological polar surface area (TPSA) is 71.4 Å². The van der Waals surface area contributed by atoms with E-state index >= 15 is 0 Å². The Balaban J connectivity index is 3.26. The molecule has 0 aliphatic carbocycles. The van der Waals surface area contributed by atoms with Gasteiger partial charge in [0.05, 0.1) is 11.5 Å². The molecule has 0 aliphatic heterocycles. The number of aliphatic hydroxyl groups is 1. The van der Waals surface area contributed by atoms with Crippen LogP contribution in [-0.4, -0.2) is 31.7 Å². The highest BCUT2D eigenvalue weighted by molar-refractivity contribution is 7.90. The molecule has 0 saturated heterocycles. The van der Waals surface area contributed by atoms with Crippen LogP contribution in [0.25, 0.3) is 0 Å². The first-order valence-electron chi connectivity index (χ1n) is 6.61. The number of aryl methyl sites for hydroxylation is 2. The van der Waals surface area contributed by atoms with Crippen LogP contribution in [0.1, 0.15) is 46.0 Å². The van der Waals surface area contributed by atoms with E-state index in [-0.39, 0.29) is 30.3 Å². The van der Waals surface area contributed by atoms with Crippen molar-refractivity contribution < 1.29 is 18.3 Å². The first-order chi connectivity index (χ1) is 9.19. The summed E-state index contributed by atoms with van der Waals surface area (Å²) in [5.74, 6) is -0.161. The van der Waals surface area contributed by atoms with E-state index in [2.05, 4.69) is 0 Å². The second-order valence-corrected chi connectivity index (χ2v) is 7.40. The van der Waals surface area contributed by atoms with E-state index in [1.54, 1.807) is 6.92 Å². The summed E-state index contributed by atoms with van der Waals surface area (Å²) in [5, 5.41) is 8.75. The predicted octanol–water partition coefficient (Wildman–Crippen LogP) is 2.11. The first kappa shape index (κ1) is 16.9. The summed E-state index contributed by atoms with van der Waals surface area (Å²) in [4.78, 5) is 11.7. The van der Waals surface area contributed by atoms with Crippen molar-refractivity contribution in [2.75, 3.05) is 12.4 Å². The largest absolute Gasteiger partial charge is 0.396 e. The molecule has 5 heteroatoms. The van der Waals surface area contributed by atoms with Crippen LogP contribution in [0.15, 0.2) is 6.07 Å². The van der Waals surface area contributed by atoms with Gasteiger partial charge in [0.2, 0.25) is 0 Å². The number of benzene rings is 1. The summed E-state index contributed by atoms with van der Waals surface area (Å²) < 4.78 is 24.1. The minimum absolute atomic E-state index is 0.0361. The summed E-state index contributed by atoms with van der Waals surface area (Å²) in [6, 6.07) is 1.86. The molecular weight excluding hydrogens is 276 g/mol. The summed E-state index contributed by atoms with van der Waals surface area (Å²) in [6.07, 6.45) is 0.242. The molecule has 0 atom stereocenters. The zero-order valence-corrected chi connectivity index (χ0v) is 13.3. The molecule has 0 aliphatic rings. The molecule has 1 aromatic rings. The molecule has 0 aromatic heterocycles. The number of ketones is 1. The molecule has 0 fully saturated rings. The van der Waals surface area contributed by atoms with Gasteiger partial charge in [-0.25, -0.2) is 8.42 Å². The average molecular weight is 298 g/mol. The van der Waals surface area contributed by atoms with Gasteiger partial charge in [0, 0.05) is 12.2 Å². The molecule has 1 N–H and O–H groups in total. The van der Waals surface area contributed by atoms with Crippen LogP contribution in [0.4, 0.5) is 0 Å². The maximum absolute atomic E-state index is 12.0. The highest BCUT2D eigenvalue weighted by Gasteiger charge is 2.19. The summed E-state index contributed by atoms with van der Waals surface area (Å²) in [7, 11) is -3.27. The third-order valence-electron chi connectivity index (χ3n) is 3.46. The number of carbonyl (C=O) groups excluding carboxylic acids is 1. The van der Waals surface area contributed by atoms with Crippen LogP contribution >= 0.6 is 0 Å². The molecule has 1 aromatic carbocycles. The molecule has 1 rings (SSSR count). The number of hydrogen-bond acceptors (Lipinski definition) is 4. The lowest BCUT2D eigenvalue weighted by atomic mass is 9.92. The van der Waals surface area contributed by atoms with Crippen LogP contribution in [0, 0.1) is 20.8 Å². The molecule has 4 nitrogen and oxygen atoms in total. The fourth-order valence-corrected chi connectivity index (χ4v) is 4.16. The maximum Gasteiger partial charge on any atom is 0.160 e. The molecule has 0 bridgehead atoms. The summed E-state index contributed by atoms with van der Waals surface area (Å²) in [5.41, 5.74) is 3.84. The number of hydrogen-bond donors (Lipinski definition) is 1. The molecule has 0 heterocycles. The second kappa shape index (κ2) is 6.50. The molecule has 0 saturated carbocycles. The van der Waals surface area contributed by atoms with Gasteiger partial charge in [-0.2, -0.15) is 0 Å². The third kappa shape index (κ3) is 3.90. The lowest BCUT2D eigenvalue weighted by Crippen LogP contribution is -2.14.